The van der Waals surface area contributed by atoms with Gasteiger partial charge in [-0.25, -0.2) is 9.78 Å². The van der Waals surface area contributed by atoms with Crippen LogP contribution in [0.15, 0.2) is 74.5 Å². The van der Waals surface area contributed by atoms with E-state index in [-0.39, 0.29) is 0 Å². The average molecular weight is 489 g/mol. The Morgan fingerprint density at radius 2 is 1.57 bits per heavy atom. The van der Waals surface area contributed by atoms with Gasteiger partial charge in [-0.3, -0.25) is 18.5 Å². The average Bonchev–Trinajstić information content (AvgIpc) is 3.42. The highest BCUT2D eigenvalue weighted by atomic mass is 32.2. The molecule has 5 aromatic rings. The Kier molecular flexibility index (Phi) is 5.77. The zero-order chi connectivity index (χ0) is 24.7. The predicted molar refractivity (Wildman–Crippen MR) is 135 cm³/mol. The summed E-state index contributed by atoms with van der Waals surface area (Å²) in [6.45, 7) is 2.51. The maximum absolute atomic E-state index is 12.8. The Bertz CT molecular complexity index is 1650. The first-order valence-electron chi connectivity index (χ1n) is 11.0. The minimum absolute atomic E-state index is 0.329. The van der Waals surface area contributed by atoms with Crippen molar-refractivity contribution in [3.05, 3.63) is 86.8 Å². The number of aromatic nitrogens is 7. The number of hydrogen-bond acceptors (Lipinski definition) is 7. The third-order valence-corrected chi connectivity index (χ3v) is 6.83. The van der Waals surface area contributed by atoms with Crippen molar-refractivity contribution in [2.45, 2.75) is 23.8 Å². The molecule has 1 N–H and O–H groups in total. The number of imidazole rings is 1. The number of hydrogen-bond donors (Lipinski definition) is 1. The second-order valence-corrected chi connectivity index (χ2v) is 9.16. The highest BCUT2D eigenvalue weighted by Gasteiger charge is 2.21. The molecule has 178 valence electrons. The number of rotatable bonds is 6. The lowest BCUT2D eigenvalue weighted by atomic mass is 10.2. The second-order valence-electron chi connectivity index (χ2n) is 8.22. The number of fused-ring (bicyclic) bond motifs is 1. The summed E-state index contributed by atoms with van der Waals surface area (Å²) in [7, 11) is 4.82. The maximum Gasteiger partial charge on any atom is 0.332 e. The molecule has 10 nitrogen and oxygen atoms in total. The van der Waals surface area contributed by atoms with Crippen molar-refractivity contribution >= 4 is 28.6 Å². The smallest absolute Gasteiger partial charge is 0.332 e. The van der Waals surface area contributed by atoms with E-state index in [1.165, 1.54) is 28.9 Å². The monoisotopic (exact) mass is 488 g/mol. The molecule has 0 amide bonds. The van der Waals surface area contributed by atoms with Crippen LogP contribution in [-0.2, 0) is 27.7 Å². The van der Waals surface area contributed by atoms with Crippen molar-refractivity contribution in [2.75, 3.05) is 5.32 Å². The number of benzene rings is 2. The lowest BCUT2D eigenvalue weighted by molar-refractivity contribution is 0.705. The van der Waals surface area contributed by atoms with Crippen molar-refractivity contribution in [2.24, 2.45) is 21.1 Å². The summed E-state index contributed by atoms with van der Waals surface area (Å²) in [5, 5.41) is 13.4. The van der Waals surface area contributed by atoms with Gasteiger partial charge in [-0.2, -0.15) is 0 Å². The Balaban J connectivity index is 1.56. The summed E-state index contributed by atoms with van der Waals surface area (Å²) in [5.41, 5.74) is 2.95. The largest absolute Gasteiger partial charge is 0.378 e. The van der Waals surface area contributed by atoms with E-state index in [1.807, 2.05) is 54.0 Å². The van der Waals surface area contributed by atoms with Crippen molar-refractivity contribution in [1.29, 1.82) is 0 Å². The van der Waals surface area contributed by atoms with Crippen LogP contribution in [0.1, 0.15) is 11.4 Å². The molecule has 3 aromatic heterocycles. The zero-order valence-electron chi connectivity index (χ0n) is 19.8. The molecule has 0 unspecified atom stereocenters. The predicted octanol–water partition coefficient (Wildman–Crippen LogP) is 2.62. The van der Waals surface area contributed by atoms with Gasteiger partial charge in [0.15, 0.2) is 22.1 Å². The standard InChI is InChI=1S/C24H24N8O2S/c1-15-10-12-16(13-11-15)25-14-18-27-28-23(32(18)17-8-6-5-7-9-17)35-22-26-20-19(29(22)2)21(33)31(4)24(34)30(20)3/h5-13,25H,14H2,1-4H3. The van der Waals surface area contributed by atoms with Gasteiger partial charge in [0.1, 0.15) is 0 Å². The molecule has 0 fully saturated rings. The van der Waals surface area contributed by atoms with E-state index in [1.54, 1.807) is 18.7 Å². The molecular weight excluding hydrogens is 464 g/mol. The first kappa shape index (κ1) is 22.7. The molecule has 0 aliphatic rings. The highest BCUT2D eigenvalue weighted by molar-refractivity contribution is 7.99. The van der Waals surface area contributed by atoms with Gasteiger partial charge >= 0.3 is 5.69 Å². The molecule has 0 bridgehead atoms. The molecule has 0 radical (unpaired) electrons. The number of nitrogens with one attached hydrogen (secondary N) is 1. The van der Waals surface area contributed by atoms with E-state index in [0.29, 0.717) is 28.0 Å². The summed E-state index contributed by atoms with van der Waals surface area (Å²) >= 11 is 1.28. The topological polar surface area (TPSA) is 105 Å². The second kappa shape index (κ2) is 8.91. The van der Waals surface area contributed by atoms with Crippen LogP contribution < -0.4 is 16.6 Å². The molecule has 0 aliphatic carbocycles. The van der Waals surface area contributed by atoms with E-state index < -0.39 is 11.2 Å². The summed E-state index contributed by atoms with van der Waals surface area (Å²) in [6, 6.07) is 18.0. The summed E-state index contributed by atoms with van der Waals surface area (Å²) in [6.07, 6.45) is 0. The number of para-hydroxylation sites is 1. The van der Waals surface area contributed by atoms with Crippen LogP contribution in [0.3, 0.4) is 0 Å². The van der Waals surface area contributed by atoms with Gasteiger partial charge < -0.3 is 9.88 Å². The van der Waals surface area contributed by atoms with Crippen LogP contribution >= 0.6 is 11.8 Å². The van der Waals surface area contributed by atoms with Gasteiger partial charge in [-0.15, -0.1) is 10.2 Å². The van der Waals surface area contributed by atoms with Crippen LogP contribution in [-0.4, -0.2) is 33.4 Å². The molecular formula is C24H24N8O2S. The zero-order valence-corrected chi connectivity index (χ0v) is 20.6. The fourth-order valence-electron chi connectivity index (χ4n) is 3.84. The first-order chi connectivity index (χ1) is 16.8. The van der Waals surface area contributed by atoms with E-state index in [2.05, 4.69) is 32.6 Å². The minimum atomic E-state index is -0.422. The molecule has 35 heavy (non-hydrogen) atoms. The molecule has 0 saturated heterocycles. The first-order valence-corrected chi connectivity index (χ1v) is 11.8. The number of aryl methyl sites for hydroxylation is 3. The van der Waals surface area contributed by atoms with Gasteiger partial charge in [0, 0.05) is 32.5 Å². The van der Waals surface area contributed by atoms with Crippen molar-refractivity contribution in [3.63, 3.8) is 0 Å². The van der Waals surface area contributed by atoms with Gasteiger partial charge in [0.05, 0.1) is 6.54 Å². The molecule has 2 aromatic carbocycles. The van der Waals surface area contributed by atoms with E-state index in [0.717, 1.165) is 21.8 Å². The van der Waals surface area contributed by atoms with Gasteiger partial charge in [0.25, 0.3) is 5.56 Å². The van der Waals surface area contributed by atoms with Crippen LogP contribution in [0.2, 0.25) is 0 Å². The van der Waals surface area contributed by atoms with Crippen LogP contribution in [0.25, 0.3) is 16.9 Å². The number of nitrogens with zero attached hydrogens (tertiary/aromatic N) is 7. The Morgan fingerprint density at radius 3 is 2.29 bits per heavy atom. The van der Waals surface area contributed by atoms with Crippen molar-refractivity contribution in [3.8, 4) is 5.69 Å². The van der Waals surface area contributed by atoms with Crippen molar-refractivity contribution < 1.29 is 0 Å². The van der Waals surface area contributed by atoms with Crippen LogP contribution in [0, 0.1) is 6.92 Å². The minimum Gasteiger partial charge on any atom is -0.378 e. The van der Waals surface area contributed by atoms with Gasteiger partial charge in [0.2, 0.25) is 5.16 Å². The third-order valence-electron chi connectivity index (χ3n) is 5.83. The van der Waals surface area contributed by atoms with Crippen LogP contribution in [0.5, 0.6) is 0 Å². The molecule has 5 rings (SSSR count). The Morgan fingerprint density at radius 1 is 0.857 bits per heavy atom. The molecule has 0 spiro atoms. The molecule has 3 heterocycles. The summed E-state index contributed by atoms with van der Waals surface area (Å²) < 4.78 is 6.11. The molecule has 0 atom stereocenters. The van der Waals surface area contributed by atoms with Gasteiger partial charge in [-0.05, 0) is 43.0 Å². The summed E-state index contributed by atoms with van der Waals surface area (Å²) in [4.78, 5) is 29.7. The van der Waals surface area contributed by atoms with E-state index >= 15 is 0 Å². The number of anilines is 1. The van der Waals surface area contributed by atoms with Crippen molar-refractivity contribution in [1.82, 2.24) is 33.4 Å². The Hall–Kier alpha value is -4.12. The molecule has 0 aliphatic heterocycles. The molecule has 11 heteroatoms. The maximum atomic E-state index is 12.8. The third kappa shape index (κ3) is 4.03. The summed E-state index contributed by atoms with van der Waals surface area (Å²) in [5.74, 6) is 0.723. The fraction of sp³-hybridized carbons (Fsp3) is 0.208. The lowest BCUT2D eigenvalue weighted by Crippen LogP contribution is -2.37. The lowest BCUT2D eigenvalue weighted by Gasteiger charge is -2.11. The quantitative estimate of drug-likeness (QED) is 0.392. The van der Waals surface area contributed by atoms with E-state index in [9.17, 15) is 9.59 Å². The normalized spacial score (nSPS) is 11.3. The highest BCUT2D eigenvalue weighted by Crippen LogP contribution is 2.30. The fourth-order valence-corrected chi connectivity index (χ4v) is 4.75. The molecule has 0 saturated carbocycles. The SMILES string of the molecule is Cc1ccc(NCc2nnc(Sc3nc4c(c(=O)n(C)c(=O)n4C)n3C)n2-c2ccccc2)cc1. The van der Waals surface area contributed by atoms with E-state index in [4.69, 9.17) is 0 Å². The van der Waals surface area contributed by atoms with Gasteiger partial charge in [-0.1, -0.05) is 35.9 Å². The van der Waals surface area contributed by atoms with Crippen LogP contribution in [0.4, 0.5) is 5.69 Å². The Labute approximate surface area is 204 Å².